The Bertz CT molecular complexity index is 215. The molecule has 0 aromatic carbocycles. The van der Waals surface area contributed by atoms with Crippen LogP contribution in [0.1, 0.15) is 26.7 Å². The zero-order valence-corrected chi connectivity index (χ0v) is 10.3. The summed E-state index contributed by atoms with van der Waals surface area (Å²) < 4.78 is 10.2. The molecule has 0 aliphatic carbocycles. The van der Waals surface area contributed by atoms with Crippen molar-refractivity contribution in [3.63, 3.8) is 0 Å². The van der Waals surface area contributed by atoms with E-state index >= 15 is 0 Å². The Balaban J connectivity index is 0.000000423. The summed E-state index contributed by atoms with van der Waals surface area (Å²) in [7, 11) is 0. The number of hydrogen-bond donors (Lipinski definition) is 1. The van der Waals surface area contributed by atoms with Crippen LogP contribution >= 0.6 is 15.9 Å². The van der Waals surface area contributed by atoms with E-state index in [0.717, 1.165) is 26.4 Å². The summed E-state index contributed by atoms with van der Waals surface area (Å²) in [5.41, 5.74) is 0. The Morgan fingerprint density at radius 1 is 1.47 bits per heavy atom. The van der Waals surface area contributed by atoms with Gasteiger partial charge in [-0.2, -0.15) is 0 Å². The molecule has 0 bridgehead atoms. The van der Waals surface area contributed by atoms with Gasteiger partial charge in [0.2, 0.25) is 0 Å². The highest BCUT2D eigenvalue weighted by molar-refractivity contribution is 9.09. The largest absolute Gasteiger partial charge is 0.481 e. The van der Waals surface area contributed by atoms with Crippen molar-refractivity contribution in [3.05, 3.63) is 0 Å². The number of carboxylic acid groups (broad SMARTS) is 1. The maximum Gasteiger partial charge on any atom is 0.303 e. The molecule has 0 aromatic heterocycles. The zero-order valence-electron chi connectivity index (χ0n) is 8.73. The van der Waals surface area contributed by atoms with E-state index in [9.17, 15) is 4.79 Å². The second-order valence-corrected chi connectivity index (χ2v) is 3.93. The van der Waals surface area contributed by atoms with E-state index in [1.165, 1.54) is 6.92 Å². The fraction of sp³-hybridized carbons (Fsp3) is 0.778. The molecular formula is C9H15BrO5. The van der Waals surface area contributed by atoms with Crippen LogP contribution in [-0.4, -0.2) is 34.8 Å². The molecule has 0 unspecified atom stereocenters. The van der Waals surface area contributed by atoms with Crippen molar-refractivity contribution in [2.45, 2.75) is 37.8 Å². The first-order valence-corrected chi connectivity index (χ1v) is 5.47. The Labute approximate surface area is 96.9 Å². The lowest BCUT2D eigenvalue weighted by molar-refractivity contribution is -0.154. The number of carbonyl (C=O) groups is 2. The molecule has 1 saturated heterocycles. The number of alkyl halides is 1. The summed E-state index contributed by atoms with van der Waals surface area (Å²) in [6, 6.07) is 0. The standard InChI is InChI=1S/C7H11BrO3.C2H4O2/c1-5(9)11-6-3-2-4-10-7(6)8;1-2(3)4/h6-7H,2-4H2,1H3;1H3,(H,3,4)/t6-,7+;/m0./s1. The number of carbonyl (C=O) groups excluding carboxylic acids is 1. The molecule has 6 heteroatoms. The van der Waals surface area contributed by atoms with Crippen LogP contribution in [0.3, 0.4) is 0 Å². The first kappa shape index (κ1) is 14.4. The molecule has 0 aromatic rings. The summed E-state index contributed by atoms with van der Waals surface area (Å²) in [6.45, 7) is 3.24. The van der Waals surface area contributed by atoms with Gasteiger partial charge in [0, 0.05) is 20.5 Å². The van der Waals surface area contributed by atoms with E-state index in [0.29, 0.717) is 0 Å². The Hall–Kier alpha value is -0.620. The smallest absolute Gasteiger partial charge is 0.303 e. The van der Waals surface area contributed by atoms with Gasteiger partial charge in [-0.25, -0.2) is 0 Å². The van der Waals surface area contributed by atoms with Crippen LogP contribution < -0.4 is 0 Å². The molecule has 1 fully saturated rings. The van der Waals surface area contributed by atoms with Crippen molar-refractivity contribution in [3.8, 4) is 0 Å². The molecule has 1 heterocycles. The number of ether oxygens (including phenoxy) is 2. The predicted molar refractivity (Wildman–Crippen MR) is 56.8 cm³/mol. The number of halogens is 1. The summed E-state index contributed by atoms with van der Waals surface area (Å²) >= 11 is 3.28. The maximum absolute atomic E-state index is 10.6. The molecule has 0 saturated carbocycles. The molecule has 2 atom stereocenters. The number of hydrogen-bond acceptors (Lipinski definition) is 4. The molecule has 5 nitrogen and oxygen atoms in total. The van der Waals surface area contributed by atoms with E-state index in [2.05, 4.69) is 15.9 Å². The highest BCUT2D eigenvalue weighted by atomic mass is 79.9. The Kier molecular flexibility index (Phi) is 7.33. The molecule has 88 valence electrons. The average molecular weight is 283 g/mol. The SMILES string of the molecule is CC(=O)O.CC(=O)O[C@H]1CCCO[C@H]1Br. The van der Waals surface area contributed by atoms with E-state index in [4.69, 9.17) is 19.4 Å². The van der Waals surface area contributed by atoms with Crippen LogP contribution in [-0.2, 0) is 19.1 Å². The molecule has 1 rings (SSSR count). The summed E-state index contributed by atoms with van der Waals surface area (Å²) in [4.78, 5) is 19.6. The molecule has 0 spiro atoms. The third kappa shape index (κ3) is 8.38. The third-order valence-corrected chi connectivity index (χ3v) is 2.37. The van der Waals surface area contributed by atoms with Gasteiger partial charge in [0.1, 0.15) is 11.1 Å². The highest BCUT2D eigenvalue weighted by Gasteiger charge is 2.25. The van der Waals surface area contributed by atoms with Crippen LogP contribution in [0.4, 0.5) is 0 Å². The van der Waals surface area contributed by atoms with Gasteiger partial charge in [-0.15, -0.1) is 0 Å². The molecule has 0 amide bonds. The van der Waals surface area contributed by atoms with Crippen LogP contribution in [0.2, 0.25) is 0 Å². The zero-order chi connectivity index (χ0) is 11.8. The van der Waals surface area contributed by atoms with Gasteiger partial charge in [0.05, 0.1) is 0 Å². The monoisotopic (exact) mass is 282 g/mol. The van der Waals surface area contributed by atoms with Crippen molar-refractivity contribution in [1.29, 1.82) is 0 Å². The van der Waals surface area contributed by atoms with Crippen LogP contribution in [0.5, 0.6) is 0 Å². The Morgan fingerprint density at radius 2 is 2.00 bits per heavy atom. The van der Waals surface area contributed by atoms with Gasteiger partial charge >= 0.3 is 5.97 Å². The van der Waals surface area contributed by atoms with Gasteiger partial charge in [-0.3, -0.25) is 9.59 Å². The van der Waals surface area contributed by atoms with Crippen LogP contribution in [0.15, 0.2) is 0 Å². The third-order valence-electron chi connectivity index (χ3n) is 1.52. The first-order valence-electron chi connectivity index (χ1n) is 4.56. The first-order chi connectivity index (χ1) is 6.93. The molecule has 0 radical (unpaired) electrons. The minimum Gasteiger partial charge on any atom is -0.481 e. The van der Waals surface area contributed by atoms with Gasteiger partial charge in [-0.05, 0) is 12.8 Å². The maximum atomic E-state index is 10.6. The lowest BCUT2D eigenvalue weighted by Gasteiger charge is -2.26. The fourth-order valence-corrected chi connectivity index (χ4v) is 1.60. The number of carboxylic acids is 1. The molecule has 15 heavy (non-hydrogen) atoms. The number of aliphatic carboxylic acids is 1. The van der Waals surface area contributed by atoms with Crippen LogP contribution in [0, 0.1) is 0 Å². The minimum atomic E-state index is -0.833. The second kappa shape index (κ2) is 7.64. The fourth-order valence-electron chi connectivity index (χ4n) is 1.04. The summed E-state index contributed by atoms with van der Waals surface area (Å²) in [5, 5.41) is 7.29. The lowest BCUT2D eigenvalue weighted by Crippen LogP contribution is -2.32. The van der Waals surface area contributed by atoms with Gasteiger partial charge in [0.15, 0.2) is 0 Å². The lowest BCUT2D eigenvalue weighted by atomic mass is 10.2. The summed E-state index contributed by atoms with van der Waals surface area (Å²) in [5.74, 6) is -1.08. The molecular weight excluding hydrogens is 268 g/mol. The van der Waals surface area contributed by atoms with Gasteiger partial charge in [-0.1, -0.05) is 15.9 Å². The minimum absolute atomic E-state index is 0.110. The van der Waals surface area contributed by atoms with Crippen molar-refractivity contribution >= 4 is 27.9 Å². The van der Waals surface area contributed by atoms with Gasteiger partial charge < -0.3 is 14.6 Å². The molecule has 1 N–H and O–H groups in total. The number of rotatable bonds is 1. The van der Waals surface area contributed by atoms with E-state index < -0.39 is 5.97 Å². The quantitative estimate of drug-likeness (QED) is 0.583. The second-order valence-electron chi connectivity index (χ2n) is 3.03. The highest BCUT2D eigenvalue weighted by Crippen LogP contribution is 2.21. The molecule has 1 aliphatic rings. The van der Waals surface area contributed by atoms with Crippen molar-refractivity contribution < 1.29 is 24.2 Å². The topological polar surface area (TPSA) is 72.8 Å². The van der Waals surface area contributed by atoms with Gasteiger partial charge in [0.25, 0.3) is 5.97 Å². The predicted octanol–water partition coefficient (Wildman–Crippen LogP) is 1.54. The normalized spacial score (nSPS) is 24.7. The van der Waals surface area contributed by atoms with Crippen LogP contribution in [0.25, 0.3) is 0 Å². The van der Waals surface area contributed by atoms with E-state index in [1.807, 2.05) is 0 Å². The van der Waals surface area contributed by atoms with E-state index in [1.54, 1.807) is 0 Å². The van der Waals surface area contributed by atoms with E-state index in [-0.39, 0.29) is 17.1 Å². The average Bonchev–Trinajstić information content (AvgIpc) is 2.07. The van der Waals surface area contributed by atoms with Crippen molar-refractivity contribution in [2.24, 2.45) is 0 Å². The number of esters is 1. The Morgan fingerprint density at radius 3 is 2.40 bits per heavy atom. The van der Waals surface area contributed by atoms with Crippen molar-refractivity contribution in [1.82, 2.24) is 0 Å². The summed E-state index contributed by atoms with van der Waals surface area (Å²) in [6.07, 6.45) is 1.73. The van der Waals surface area contributed by atoms with Crippen molar-refractivity contribution in [2.75, 3.05) is 6.61 Å². The molecule has 1 aliphatic heterocycles.